The van der Waals surface area contributed by atoms with E-state index in [1.54, 1.807) is 26.1 Å². The maximum Gasteiger partial charge on any atom is 0.435 e. The highest BCUT2D eigenvalue weighted by Crippen LogP contribution is 2.47. The van der Waals surface area contributed by atoms with E-state index in [2.05, 4.69) is 10.1 Å². The van der Waals surface area contributed by atoms with E-state index in [0.717, 1.165) is 12.1 Å². The number of aromatic nitrogens is 4. The fourth-order valence-electron chi connectivity index (χ4n) is 5.78. The van der Waals surface area contributed by atoms with Crippen molar-refractivity contribution in [1.82, 2.24) is 24.1 Å². The lowest BCUT2D eigenvalue weighted by molar-refractivity contribution is -0.141. The van der Waals surface area contributed by atoms with Gasteiger partial charge in [-0.2, -0.15) is 18.3 Å². The molecule has 0 spiro atoms. The number of alkyl halides is 3. The van der Waals surface area contributed by atoms with Crippen molar-refractivity contribution in [1.29, 1.82) is 0 Å². The zero-order chi connectivity index (χ0) is 26.4. The Balaban J connectivity index is 1.47. The van der Waals surface area contributed by atoms with Crippen LogP contribution < -0.4 is 0 Å². The largest absolute Gasteiger partial charge is 0.435 e. The van der Waals surface area contributed by atoms with E-state index in [-0.39, 0.29) is 17.6 Å². The number of carbonyl (C=O) groups is 1. The van der Waals surface area contributed by atoms with Crippen LogP contribution in [0.2, 0.25) is 0 Å². The normalized spacial score (nSPS) is 19.1. The summed E-state index contributed by atoms with van der Waals surface area (Å²) in [4.78, 5) is 19.0. The van der Waals surface area contributed by atoms with E-state index in [1.807, 2.05) is 0 Å². The molecule has 192 valence electrons. The molecule has 2 aliphatic rings. The van der Waals surface area contributed by atoms with E-state index in [0.29, 0.717) is 35.5 Å². The van der Waals surface area contributed by atoms with Gasteiger partial charge in [-0.15, -0.1) is 0 Å². The van der Waals surface area contributed by atoms with Crippen molar-refractivity contribution >= 4 is 11.6 Å². The number of pyridine rings is 1. The van der Waals surface area contributed by atoms with E-state index >= 15 is 0 Å². The number of hydrogen-bond acceptors (Lipinski definition) is 3. The average Bonchev–Trinajstić information content (AvgIpc) is 3.48. The molecule has 0 unspecified atom stereocenters. The molecular weight excluding hydrogens is 500 g/mol. The maximum atomic E-state index is 14.0. The van der Waals surface area contributed by atoms with Gasteiger partial charge in [0.15, 0.2) is 23.1 Å². The number of imidazole rings is 1. The van der Waals surface area contributed by atoms with Gasteiger partial charge in [-0.25, -0.2) is 18.2 Å². The zero-order valence-electron chi connectivity index (χ0n) is 19.6. The van der Waals surface area contributed by atoms with Gasteiger partial charge in [-0.3, -0.25) is 13.9 Å². The molecule has 1 aromatic carbocycles. The summed E-state index contributed by atoms with van der Waals surface area (Å²) < 4.78 is 86.1. The van der Waals surface area contributed by atoms with E-state index < -0.39 is 53.0 Å². The Morgan fingerprint density at radius 3 is 2.46 bits per heavy atom. The summed E-state index contributed by atoms with van der Waals surface area (Å²) in [7, 11) is 1.56. The van der Waals surface area contributed by atoms with Crippen molar-refractivity contribution in [3.63, 3.8) is 0 Å². The molecule has 2 atom stereocenters. The van der Waals surface area contributed by atoms with Gasteiger partial charge in [-0.1, -0.05) is 6.07 Å². The minimum absolute atomic E-state index is 0.0150. The van der Waals surface area contributed by atoms with E-state index in [9.17, 15) is 31.1 Å². The first-order chi connectivity index (χ1) is 17.5. The summed E-state index contributed by atoms with van der Waals surface area (Å²) in [5.41, 5.74) is 0.173. The zero-order valence-corrected chi connectivity index (χ0v) is 19.6. The Kier molecular flexibility index (Phi) is 4.99. The Morgan fingerprint density at radius 2 is 1.78 bits per heavy atom. The Bertz CT molecular complexity index is 1580. The first-order valence-electron chi connectivity index (χ1n) is 11.6. The van der Waals surface area contributed by atoms with Gasteiger partial charge < -0.3 is 4.90 Å². The van der Waals surface area contributed by atoms with Crippen molar-refractivity contribution in [3.8, 4) is 11.3 Å². The number of carbonyl (C=O) groups excluding carboxylic acids is 1. The molecular formula is C25H19F6N5O. The van der Waals surface area contributed by atoms with Gasteiger partial charge in [0.25, 0.3) is 5.91 Å². The first-order valence-corrected chi connectivity index (χ1v) is 11.6. The lowest BCUT2D eigenvalue weighted by atomic mass is 9.94. The van der Waals surface area contributed by atoms with Crippen molar-refractivity contribution in [2.45, 2.75) is 44.4 Å². The molecule has 0 radical (unpaired) electrons. The molecule has 0 N–H and O–H groups in total. The summed E-state index contributed by atoms with van der Waals surface area (Å²) in [6.07, 6.45) is -3.65. The van der Waals surface area contributed by atoms with Crippen LogP contribution in [-0.2, 0) is 19.6 Å². The highest BCUT2D eigenvalue weighted by molar-refractivity contribution is 5.96. The maximum absolute atomic E-state index is 14.0. The molecule has 2 bridgehead atoms. The minimum Gasteiger partial charge on any atom is -0.325 e. The molecule has 1 fully saturated rings. The SMILES string of the molecule is Cc1cccc2nc(C(F)(F)F)c(C(=O)N3[C@H]4CC[C@@H]3c3nn(C)c(-c5cc(F)c(F)c(F)c5)c3C4)n12. The predicted octanol–water partition coefficient (Wildman–Crippen LogP) is 5.38. The first kappa shape index (κ1) is 23.6. The van der Waals surface area contributed by atoms with Crippen molar-refractivity contribution < 1.29 is 31.1 Å². The topological polar surface area (TPSA) is 55.4 Å². The lowest BCUT2D eigenvalue weighted by Crippen LogP contribution is -2.43. The van der Waals surface area contributed by atoms with Crippen LogP contribution in [0.3, 0.4) is 0 Å². The molecule has 0 saturated carbocycles. The molecule has 0 aliphatic carbocycles. The predicted molar refractivity (Wildman–Crippen MR) is 119 cm³/mol. The standard InChI is InChI=1S/C25H19F6N5O/c1-11-4-3-5-18-32-23(25(29,30)31)22(35(11)18)24(37)36-13-6-7-17(36)20-14(10-13)21(34(2)33-20)12-8-15(26)19(28)16(27)9-12/h3-5,8-9,13,17H,6-7,10H2,1-2H3/t13-,17+/m0/s1. The van der Waals surface area contributed by atoms with E-state index in [4.69, 9.17) is 0 Å². The van der Waals surface area contributed by atoms with Gasteiger partial charge >= 0.3 is 6.18 Å². The third-order valence-corrected chi connectivity index (χ3v) is 7.24. The van der Waals surface area contributed by atoms with Gasteiger partial charge in [0, 0.05) is 29.9 Å². The van der Waals surface area contributed by atoms with Crippen LogP contribution in [0.1, 0.15) is 52.0 Å². The summed E-state index contributed by atoms with van der Waals surface area (Å²) in [5, 5.41) is 4.49. The molecule has 1 saturated heterocycles. The molecule has 12 heteroatoms. The van der Waals surface area contributed by atoms with Gasteiger partial charge in [0.05, 0.1) is 17.4 Å². The molecule has 3 aromatic heterocycles. The average molecular weight is 519 g/mol. The van der Waals surface area contributed by atoms with Crippen LogP contribution in [0.5, 0.6) is 0 Å². The molecule has 5 heterocycles. The summed E-state index contributed by atoms with van der Waals surface area (Å²) in [5.74, 6) is -5.08. The second kappa shape index (κ2) is 7.83. The monoisotopic (exact) mass is 519 g/mol. The smallest absolute Gasteiger partial charge is 0.325 e. The Hall–Kier alpha value is -3.83. The number of halogens is 6. The molecule has 2 aliphatic heterocycles. The Morgan fingerprint density at radius 1 is 1.08 bits per heavy atom. The summed E-state index contributed by atoms with van der Waals surface area (Å²) >= 11 is 0. The number of rotatable bonds is 2. The molecule has 6 nitrogen and oxygen atoms in total. The van der Waals surface area contributed by atoms with Gasteiger partial charge in [-0.05, 0) is 50.5 Å². The van der Waals surface area contributed by atoms with Crippen LogP contribution in [0.4, 0.5) is 26.3 Å². The second-order valence-corrected chi connectivity index (χ2v) is 9.42. The quantitative estimate of drug-likeness (QED) is 0.264. The number of amides is 1. The highest BCUT2D eigenvalue weighted by atomic mass is 19.4. The van der Waals surface area contributed by atoms with Crippen LogP contribution in [-0.4, -0.2) is 36.0 Å². The van der Waals surface area contributed by atoms with Crippen molar-refractivity contribution in [3.05, 3.63) is 76.1 Å². The number of benzene rings is 1. The van der Waals surface area contributed by atoms with Crippen LogP contribution in [0.15, 0.2) is 30.3 Å². The summed E-state index contributed by atoms with van der Waals surface area (Å²) in [6.45, 7) is 1.60. The number of hydrogen-bond donors (Lipinski definition) is 0. The van der Waals surface area contributed by atoms with Gasteiger partial charge in [0.1, 0.15) is 11.3 Å². The lowest BCUT2D eigenvalue weighted by Gasteiger charge is -2.34. The fourth-order valence-corrected chi connectivity index (χ4v) is 5.78. The second-order valence-electron chi connectivity index (χ2n) is 9.42. The molecule has 6 rings (SSSR count). The summed E-state index contributed by atoms with van der Waals surface area (Å²) in [6, 6.07) is 5.25. The number of nitrogens with zero attached hydrogens (tertiary/aromatic N) is 5. The third-order valence-electron chi connectivity index (χ3n) is 7.24. The van der Waals surface area contributed by atoms with Crippen LogP contribution in [0.25, 0.3) is 16.9 Å². The number of aryl methyl sites for hydroxylation is 2. The van der Waals surface area contributed by atoms with E-state index in [1.165, 1.54) is 20.0 Å². The van der Waals surface area contributed by atoms with Gasteiger partial charge in [0.2, 0.25) is 0 Å². The van der Waals surface area contributed by atoms with Crippen LogP contribution in [0, 0.1) is 24.4 Å². The number of fused-ring (bicyclic) bond motifs is 5. The Labute approximate surface area is 206 Å². The molecule has 37 heavy (non-hydrogen) atoms. The molecule has 4 aromatic rings. The van der Waals surface area contributed by atoms with Crippen LogP contribution >= 0.6 is 0 Å². The van der Waals surface area contributed by atoms with Crippen molar-refractivity contribution in [2.75, 3.05) is 0 Å². The third kappa shape index (κ3) is 3.37. The highest BCUT2D eigenvalue weighted by Gasteiger charge is 2.49. The minimum atomic E-state index is -4.85. The fraction of sp³-hybridized carbons (Fsp3) is 0.320. The molecule has 1 amide bonds. The van der Waals surface area contributed by atoms with Crippen molar-refractivity contribution in [2.24, 2.45) is 7.05 Å².